The lowest BCUT2D eigenvalue weighted by Gasteiger charge is -2.41. The minimum atomic E-state index is -4.95. The SMILES string of the molecule is COC(=O)c1cc([N+](=O)[O-])c(O)cc1C(F)(F)F.COCCCCN1C(=O)C(C)(COC)Oc2cc(C(F)(F)F)c(C(=O)N(C(C)C)C3CCCCC3)cc21. The van der Waals surface area contributed by atoms with E-state index in [1.54, 1.807) is 12.0 Å². The lowest BCUT2D eigenvalue weighted by Crippen LogP contribution is -2.57. The summed E-state index contributed by atoms with van der Waals surface area (Å²) in [5.74, 6) is -3.76. The molecule has 1 unspecified atom stereocenters. The van der Waals surface area contributed by atoms with Gasteiger partial charge in [0.05, 0.1) is 46.6 Å². The first-order valence-electron chi connectivity index (χ1n) is 17.4. The first kappa shape index (κ1) is 44.7. The third-order valence-corrected chi connectivity index (χ3v) is 9.14. The van der Waals surface area contributed by atoms with Gasteiger partial charge in [-0.1, -0.05) is 19.3 Å². The molecule has 1 fully saturated rings. The number of ether oxygens (including phenoxy) is 4. The van der Waals surface area contributed by atoms with Crippen LogP contribution in [0.25, 0.3) is 0 Å². The highest BCUT2D eigenvalue weighted by Crippen LogP contribution is 2.45. The number of hydrogen-bond donors (Lipinski definition) is 1. The molecule has 19 heteroatoms. The Morgan fingerprint density at radius 3 is 2.09 bits per heavy atom. The van der Waals surface area contributed by atoms with Crippen molar-refractivity contribution in [1.29, 1.82) is 0 Å². The predicted octanol–water partition coefficient (Wildman–Crippen LogP) is 7.55. The molecule has 1 saturated carbocycles. The van der Waals surface area contributed by atoms with E-state index in [4.69, 9.17) is 19.3 Å². The van der Waals surface area contributed by atoms with E-state index in [9.17, 15) is 50.8 Å². The number of anilines is 1. The lowest BCUT2D eigenvalue weighted by atomic mass is 9.92. The van der Waals surface area contributed by atoms with Gasteiger partial charge in [-0.25, -0.2) is 4.79 Å². The number of nitro benzene ring substituents is 1. The fraction of sp³-hybridized carbons (Fsp3) is 0.583. The Morgan fingerprint density at radius 1 is 0.982 bits per heavy atom. The van der Waals surface area contributed by atoms with Gasteiger partial charge in [0, 0.05) is 51.6 Å². The number of nitrogens with zero attached hydrogens (tertiary/aromatic N) is 3. The van der Waals surface area contributed by atoms with E-state index >= 15 is 0 Å². The van der Waals surface area contributed by atoms with Crippen molar-refractivity contribution < 1.29 is 69.7 Å². The highest BCUT2D eigenvalue weighted by Gasteiger charge is 2.48. The van der Waals surface area contributed by atoms with Gasteiger partial charge in [0.25, 0.3) is 11.8 Å². The predicted molar refractivity (Wildman–Crippen MR) is 185 cm³/mol. The van der Waals surface area contributed by atoms with E-state index in [1.807, 2.05) is 13.8 Å². The van der Waals surface area contributed by atoms with E-state index in [1.165, 1.54) is 25.0 Å². The van der Waals surface area contributed by atoms with Crippen LogP contribution in [-0.4, -0.2) is 91.5 Å². The molecule has 55 heavy (non-hydrogen) atoms. The average molecular weight is 794 g/mol. The van der Waals surface area contributed by atoms with Crippen molar-refractivity contribution in [3.8, 4) is 11.5 Å². The van der Waals surface area contributed by atoms with Crippen LogP contribution in [0.15, 0.2) is 24.3 Å². The van der Waals surface area contributed by atoms with Crippen LogP contribution in [0.1, 0.15) is 97.6 Å². The molecule has 1 aliphatic carbocycles. The maximum atomic E-state index is 14.3. The summed E-state index contributed by atoms with van der Waals surface area (Å²) < 4.78 is 101. The zero-order valence-electron chi connectivity index (χ0n) is 31.3. The molecule has 4 rings (SSSR count). The van der Waals surface area contributed by atoms with Crippen molar-refractivity contribution in [2.24, 2.45) is 0 Å². The van der Waals surface area contributed by atoms with Gasteiger partial charge in [-0.2, -0.15) is 26.3 Å². The van der Waals surface area contributed by atoms with Crippen LogP contribution in [-0.2, 0) is 31.4 Å². The minimum absolute atomic E-state index is 0.0940. The summed E-state index contributed by atoms with van der Waals surface area (Å²) in [6, 6.07) is 2.10. The molecule has 2 aromatic rings. The number of unbranched alkanes of at least 4 members (excludes halogenated alkanes) is 1. The number of esters is 1. The Morgan fingerprint density at radius 2 is 1.58 bits per heavy atom. The van der Waals surface area contributed by atoms with Crippen molar-refractivity contribution in [3.05, 3.63) is 56.6 Å². The fourth-order valence-corrected chi connectivity index (χ4v) is 6.62. The molecule has 13 nitrogen and oxygen atoms in total. The van der Waals surface area contributed by atoms with Gasteiger partial charge in [0.2, 0.25) is 5.60 Å². The van der Waals surface area contributed by atoms with E-state index in [-0.39, 0.29) is 42.7 Å². The van der Waals surface area contributed by atoms with Crippen LogP contribution in [0.2, 0.25) is 0 Å². The maximum Gasteiger partial charge on any atom is 0.417 e. The van der Waals surface area contributed by atoms with Crippen molar-refractivity contribution in [1.82, 2.24) is 4.90 Å². The van der Waals surface area contributed by atoms with Crippen molar-refractivity contribution in [2.75, 3.05) is 46.0 Å². The lowest BCUT2D eigenvalue weighted by molar-refractivity contribution is -0.385. The summed E-state index contributed by atoms with van der Waals surface area (Å²) in [7, 11) is 3.81. The summed E-state index contributed by atoms with van der Waals surface area (Å²) >= 11 is 0. The molecule has 306 valence electrons. The quantitative estimate of drug-likeness (QED) is 0.0748. The largest absolute Gasteiger partial charge is 0.502 e. The smallest absolute Gasteiger partial charge is 0.417 e. The number of nitro groups is 1. The number of fused-ring (bicyclic) bond motifs is 1. The van der Waals surface area contributed by atoms with Gasteiger partial charge in [-0.3, -0.25) is 19.7 Å². The molecule has 0 spiro atoms. The molecule has 0 bridgehead atoms. The number of hydrogen-bond acceptors (Lipinski definition) is 10. The minimum Gasteiger partial charge on any atom is -0.502 e. The van der Waals surface area contributed by atoms with E-state index in [2.05, 4.69) is 4.74 Å². The van der Waals surface area contributed by atoms with Crippen LogP contribution in [0.4, 0.5) is 37.7 Å². The fourth-order valence-electron chi connectivity index (χ4n) is 6.62. The molecule has 0 radical (unpaired) electrons. The molecule has 0 aromatic heterocycles. The number of rotatable bonds is 12. The van der Waals surface area contributed by atoms with Gasteiger partial charge in [0.15, 0.2) is 5.75 Å². The number of phenolic OH excluding ortho intramolecular Hbond substituents is 1. The van der Waals surface area contributed by atoms with Gasteiger partial charge in [0.1, 0.15) is 5.75 Å². The summed E-state index contributed by atoms with van der Waals surface area (Å²) in [5.41, 5.74) is -6.40. The second kappa shape index (κ2) is 18.3. The molecular formula is C36H45F6N3O10. The molecule has 1 atom stereocenters. The summed E-state index contributed by atoms with van der Waals surface area (Å²) in [5, 5.41) is 19.6. The van der Waals surface area contributed by atoms with Crippen LogP contribution in [0.3, 0.4) is 0 Å². The number of amides is 2. The molecule has 2 aromatic carbocycles. The summed E-state index contributed by atoms with van der Waals surface area (Å²) in [4.78, 5) is 50.8. The van der Waals surface area contributed by atoms with E-state index in [0.29, 0.717) is 25.5 Å². The number of aromatic hydroxyl groups is 1. The van der Waals surface area contributed by atoms with Crippen LogP contribution < -0.4 is 9.64 Å². The zero-order chi connectivity index (χ0) is 41.5. The molecule has 1 aliphatic heterocycles. The molecule has 0 saturated heterocycles. The van der Waals surface area contributed by atoms with Crippen LogP contribution in [0.5, 0.6) is 11.5 Å². The Bertz CT molecular complexity index is 1710. The maximum absolute atomic E-state index is 14.3. The second-order valence-electron chi connectivity index (χ2n) is 13.5. The number of carbonyl (C=O) groups excluding carboxylic acids is 3. The standard InChI is InChI=1S/C27H39F3N2O5.C9H6F3NO5/c1-18(2)32(19-11-7-6-8-12-19)24(33)20-15-22-23(16-21(20)27(28,29)30)37-26(3,17-36-5)25(34)31(22)13-9-10-14-35-4;1-18-8(15)4-2-6(13(16)17)7(14)3-5(4)9(10,11)12/h15-16,18-19H,6-14,17H2,1-5H3;2-3,14H,1H3. The third-order valence-electron chi connectivity index (χ3n) is 9.14. The van der Waals surface area contributed by atoms with Gasteiger partial charge >= 0.3 is 24.0 Å². The van der Waals surface area contributed by atoms with Crippen molar-refractivity contribution in [2.45, 2.75) is 95.8 Å². The van der Waals surface area contributed by atoms with Gasteiger partial charge in [-0.15, -0.1) is 0 Å². The average Bonchev–Trinajstić information content (AvgIpc) is 3.10. The molecule has 2 amide bonds. The number of alkyl halides is 6. The normalized spacial score (nSPS) is 17.5. The molecule has 1 N–H and O–H groups in total. The van der Waals surface area contributed by atoms with E-state index in [0.717, 1.165) is 45.3 Å². The van der Waals surface area contributed by atoms with E-state index < -0.39 is 74.4 Å². The second-order valence-corrected chi connectivity index (χ2v) is 13.5. The number of phenols is 1. The highest BCUT2D eigenvalue weighted by molar-refractivity contribution is 6.05. The monoisotopic (exact) mass is 793 g/mol. The first-order chi connectivity index (χ1) is 25.6. The first-order valence-corrected chi connectivity index (χ1v) is 17.4. The molecular weight excluding hydrogens is 748 g/mol. The molecule has 1 heterocycles. The van der Waals surface area contributed by atoms with Crippen molar-refractivity contribution in [3.63, 3.8) is 0 Å². The van der Waals surface area contributed by atoms with Crippen LogP contribution >= 0.6 is 0 Å². The number of carbonyl (C=O) groups is 3. The zero-order valence-corrected chi connectivity index (χ0v) is 31.3. The number of methoxy groups -OCH3 is 3. The highest BCUT2D eigenvalue weighted by atomic mass is 19.4. The third kappa shape index (κ3) is 10.6. The number of halogens is 6. The summed E-state index contributed by atoms with van der Waals surface area (Å²) in [6.07, 6.45) is -4.06. The topological polar surface area (TPSA) is 158 Å². The molecule has 2 aliphatic rings. The van der Waals surface area contributed by atoms with Gasteiger partial charge < -0.3 is 33.9 Å². The van der Waals surface area contributed by atoms with Crippen LogP contribution in [0, 0.1) is 10.1 Å². The van der Waals surface area contributed by atoms with Gasteiger partial charge in [-0.05, 0) is 58.6 Å². The Kier molecular flexibility index (Phi) is 14.9. The Hall–Kier alpha value is -4.65. The van der Waals surface area contributed by atoms with Crippen molar-refractivity contribution >= 4 is 29.2 Å². The summed E-state index contributed by atoms with van der Waals surface area (Å²) in [6.45, 7) is 5.74. The number of benzene rings is 2. The Labute approximate surface area is 313 Å². The Balaban J connectivity index is 0.000000378.